The van der Waals surface area contributed by atoms with Crippen LogP contribution in [-0.4, -0.2) is 43.1 Å². The number of nitrogens with one attached hydrogen (secondary N) is 1. The molecule has 2 fully saturated rings. The minimum atomic E-state index is -0.294. The molecule has 4 rings (SSSR count). The van der Waals surface area contributed by atoms with Crippen molar-refractivity contribution < 1.29 is 13.9 Å². The van der Waals surface area contributed by atoms with Gasteiger partial charge in [-0.1, -0.05) is 18.2 Å². The van der Waals surface area contributed by atoms with Crippen molar-refractivity contribution in [1.29, 1.82) is 0 Å². The molecule has 0 bridgehead atoms. The van der Waals surface area contributed by atoms with Gasteiger partial charge < -0.3 is 15.0 Å². The summed E-state index contributed by atoms with van der Waals surface area (Å²) in [4.78, 5) is 14.7. The Hall–Kier alpha value is -2.40. The minimum Gasteiger partial charge on any atom is -0.490 e. The first-order valence-corrected chi connectivity index (χ1v) is 10.2. The number of hydrogen-bond donors (Lipinski definition) is 1. The highest BCUT2D eigenvalue weighted by Gasteiger charge is 2.25. The zero-order chi connectivity index (χ0) is 19.3. The molecule has 5 heteroatoms. The van der Waals surface area contributed by atoms with Crippen molar-refractivity contribution in [2.45, 2.75) is 37.7 Å². The van der Waals surface area contributed by atoms with E-state index in [9.17, 15) is 9.18 Å². The number of benzene rings is 2. The number of nitrogens with zero attached hydrogens (tertiary/aromatic N) is 1. The van der Waals surface area contributed by atoms with Crippen LogP contribution in [0.15, 0.2) is 48.5 Å². The molecule has 28 heavy (non-hydrogen) atoms. The fourth-order valence-corrected chi connectivity index (χ4v) is 4.13. The molecule has 2 aromatic rings. The van der Waals surface area contributed by atoms with Gasteiger partial charge in [-0.05, 0) is 55.1 Å². The molecule has 1 atom stereocenters. The molecule has 1 N–H and O–H groups in total. The maximum atomic E-state index is 13.3. The highest BCUT2D eigenvalue weighted by atomic mass is 19.1. The Bertz CT molecular complexity index is 795. The number of ether oxygens (including phenoxy) is 1. The fourth-order valence-electron chi connectivity index (χ4n) is 4.13. The Morgan fingerprint density at radius 2 is 1.86 bits per heavy atom. The van der Waals surface area contributed by atoms with Crippen molar-refractivity contribution in [3.05, 3.63) is 65.5 Å². The average molecular weight is 382 g/mol. The Balaban J connectivity index is 1.31. The summed E-state index contributed by atoms with van der Waals surface area (Å²) in [5, 5.41) is 3.44. The van der Waals surface area contributed by atoms with Crippen LogP contribution in [0.2, 0.25) is 0 Å². The number of rotatable bonds is 4. The summed E-state index contributed by atoms with van der Waals surface area (Å²) in [6, 6.07) is 14.4. The third-order valence-electron chi connectivity index (χ3n) is 5.75. The lowest BCUT2D eigenvalue weighted by molar-refractivity contribution is 0.0595. The van der Waals surface area contributed by atoms with Gasteiger partial charge in [0.2, 0.25) is 0 Å². The van der Waals surface area contributed by atoms with Gasteiger partial charge in [-0.2, -0.15) is 0 Å². The van der Waals surface area contributed by atoms with Crippen LogP contribution in [-0.2, 0) is 0 Å². The quantitative estimate of drug-likeness (QED) is 0.870. The highest BCUT2D eigenvalue weighted by molar-refractivity contribution is 5.94. The third kappa shape index (κ3) is 4.53. The number of carbonyl (C=O) groups is 1. The van der Waals surface area contributed by atoms with E-state index in [-0.39, 0.29) is 17.8 Å². The van der Waals surface area contributed by atoms with Crippen LogP contribution in [0.5, 0.6) is 5.75 Å². The van der Waals surface area contributed by atoms with Crippen molar-refractivity contribution >= 4 is 5.91 Å². The van der Waals surface area contributed by atoms with E-state index in [1.165, 1.54) is 30.5 Å². The summed E-state index contributed by atoms with van der Waals surface area (Å²) >= 11 is 0. The van der Waals surface area contributed by atoms with Crippen molar-refractivity contribution in [2.24, 2.45) is 0 Å². The van der Waals surface area contributed by atoms with E-state index in [2.05, 4.69) is 17.4 Å². The zero-order valence-corrected chi connectivity index (χ0v) is 16.1. The molecule has 1 amide bonds. The predicted molar refractivity (Wildman–Crippen MR) is 107 cm³/mol. The summed E-state index contributed by atoms with van der Waals surface area (Å²) in [7, 11) is 0. The van der Waals surface area contributed by atoms with E-state index in [1.54, 1.807) is 12.1 Å². The molecule has 4 nitrogen and oxygen atoms in total. The van der Waals surface area contributed by atoms with E-state index in [1.807, 2.05) is 17.0 Å². The Kier molecular flexibility index (Phi) is 5.91. The van der Waals surface area contributed by atoms with Crippen LogP contribution < -0.4 is 10.1 Å². The van der Waals surface area contributed by atoms with Gasteiger partial charge in [0.15, 0.2) is 0 Å². The number of hydrogen-bond acceptors (Lipinski definition) is 3. The molecule has 2 heterocycles. The third-order valence-corrected chi connectivity index (χ3v) is 5.75. The maximum absolute atomic E-state index is 13.3. The average Bonchev–Trinajstić information content (AvgIpc) is 2.75. The second-order valence-electron chi connectivity index (χ2n) is 7.73. The van der Waals surface area contributed by atoms with E-state index in [0.717, 1.165) is 31.5 Å². The van der Waals surface area contributed by atoms with Gasteiger partial charge in [0.05, 0.1) is 0 Å². The van der Waals surface area contributed by atoms with Crippen LogP contribution in [0.3, 0.4) is 0 Å². The number of amides is 1. The smallest absolute Gasteiger partial charge is 0.253 e. The van der Waals surface area contributed by atoms with E-state index in [4.69, 9.17) is 4.74 Å². The topological polar surface area (TPSA) is 41.6 Å². The lowest BCUT2D eigenvalue weighted by Gasteiger charge is -2.32. The first kappa shape index (κ1) is 18.9. The van der Waals surface area contributed by atoms with Crippen LogP contribution in [0.4, 0.5) is 4.39 Å². The summed E-state index contributed by atoms with van der Waals surface area (Å²) in [6.45, 7) is 3.44. The first-order chi connectivity index (χ1) is 13.7. The first-order valence-electron chi connectivity index (χ1n) is 10.2. The second-order valence-corrected chi connectivity index (χ2v) is 7.73. The van der Waals surface area contributed by atoms with Crippen LogP contribution >= 0.6 is 0 Å². The molecule has 148 valence electrons. The van der Waals surface area contributed by atoms with Crippen LogP contribution in [0, 0.1) is 5.82 Å². The van der Waals surface area contributed by atoms with Crippen LogP contribution in [0.25, 0.3) is 0 Å². The molecule has 0 aliphatic carbocycles. The van der Waals surface area contributed by atoms with Gasteiger partial charge in [0, 0.05) is 44.1 Å². The van der Waals surface area contributed by atoms with Crippen molar-refractivity contribution in [2.75, 3.05) is 26.2 Å². The van der Waals surface area contributed by atoms with Crippen molar-refractivity contribution in [3.63, 3.8) is 0 Å². The van der Waals surface area contributed by atoms with Gasteiger partial charge in [0.25, 0.3) is 5.91 Å². The highest BCUT2D eigenvalue weighted by Crippen LogP contribution is 2.25. The standard InChI is InChI=1S/C23H27FN2O2/c24-20-4-1-5-22(15-20)28-21-10-13-26(14-11-21)23(27)18-8-6-17(7-9-18)19-3-2-12-25-16-19/h1,4-9,15,19,21,25H,2-3,10-14,16H2/t19-/m1/s1. The molecule has 2 saturated heterocycles. The summed E-state index contributed by atoms with van der Waals surface area (Å²) in [5.74, 6) is 0.890. The lowest BCUT2D eigenvalue weighted by Crippen LogP contribution is -2.41. The predicted octanol–water partition coefficient (Wildman–Crippen LogP) is 3.98. The molecule has 0 aromatic heterocycles. The van der Waals surface area contributed by atoms with Crippen LogP contribution in [0.1, 0.15) is 47.5 Å². The second kappa shape index (κ2) is 8.74. The molecule has 0 radical (unpaired) electrons. The molecular formula is C23H27FN2O2. The zero-order valence-electron chi connectivity index (χ0n) is 16.1. The van der Waals surface area contributed by atoms with E-state index >= 15 is 0 Å². The van der Waals surface area contributed by atoms with Gasteiger partial charge in [0.1, 0.15) is 17.7 Å². The monoisotopic (exact) mass is 382 g/mol. The Morgan fingerprint density at radius 1 is 1.07 bits per heavy atom. The molecule has 0 saturated carbocycles. The Morgan fingerprint density at radius 3 is 2.54 bits per heavy atom. The number of carbonyl (C=O) groups excluding carboxylic acids is 1. The van der Waals surface area contributed by atoms with Crippen molar-refractivity contribution in [3.8, 4) is 5.75 Å². The molecular weight excluding hydrogens is 355 g/mol. The number of halogens is 1. The molecule has 2 aromatic carbocycles. The number of likely N-dealkylation sites (tertiary alicyclic amines) is 1. The van der Waals surface area contributed by atoms with Gasteiger partial charge in [-0.25, -0.2) is 4.39 Å². The lowest BCUT2D eigenvalue weighted by atomic mass is 9.91. The molecule has 2 aliphatic rings. The number of piperidine rings is 2. The van der Waals surface area contributed by atoms with E-state index in [0.29, 0.717) is 24.8 Å². The summed E-state index contributed by atoms with van der Waals surface area (Å²) in [6.07, 6.45) is 3.95. The summed E-state index contributed by atoms with van der Waals surface area (Å²) < 4.78 is 19.2. The maximum Gasteiger partial charge on any atom is 0.253 e. The SMILES string of the molecule is O=C(c1ccc([C@@H]2CCCNC2)cc1)N1CCC(Oc2cccc(F)c2)CC1. The molecule has 0 unspecified atom stereocenters. The van der Waals surface area contributed by atoms with Gasteiger partial charge in [-0.3, -0.25) is 4.79 Å². The normalized spacial score (nSPS) is 20.8. The minimum absolute atomic E-state index is 0.0204. The Labute approximate surface area is 165 Å². The van der Waals surface area contributed by atoms with Gasteiger partial charge in [-0.15, -0.1) is 0 Å². The largest absolute Gasteiger partial charge is 0.490 e. The van der Waals surface area contributed by atoms with Crippen molar-refractivity contribution in [1.82, 2.24) is 10.2 Å². The fraction of sp³-hybridized carbons (Fsp3) is 0.435. The van der Waals surface area contributed by atoms with Gasteiger partial charge >= 0.3 is 0 Å². The molecule has 2 aliphatic heterocycles. The molecule has 0 spiro atoms. The summed E-state index contributed by atoms with van der Waals surface area (Å²) in [5.41, 5.74) is 2.06. The van der Waals surface area contributed by atoms with E-state index < -0.39 is 0 Å².